The molecule has 24 heavy (non-hydrogen) atoms. The summed E-state index contributed by atoms with van der Waals surface area (Å²) in [6, 6.07) is 10.8. The molecule has 0 aliphatic carbocycles. The molecular formula is C18H23N3O3. The summed E-state index contributed by atoms with van der Waals surface area (Å²) in [5.74, 6) is -0.914. The maximum absolute atomic E-state index is 12.5. The van der Waals surface area contributed by atoms with Crippen molar-refractivity contribution >= 4 is 11.9 Å². The molecule has 0 saturated heterocycles. The van der Waals surface area contributed by atoms with E-state index in [1.54, 1.807) is 10.7 Å². The second-order valence-corrected chi connectivity index (χ2v) is 6.10. The van der Waals surface area contributed by atoms with Crippen molar-refractivity contribution in [2.45, 2.75) is 38.6 Å². The summed E-state index contributed by atoms with van der Waals surface area (Å²) in [4.78, 5) is 23.4. The van der Waals surface area contributed by atoms with Crippen LogP contribution in [0.2, 0.25) is 0 Å². The Balaban J connectivity index is 2.17. The van der Waals surface area contributed by atoms with E-state index in [4.69, 9.17) is 5.11 Å². The van der Waals surface area contributed by atoms with Gasteiger partial charge in [-0.3, -0.25) is 14.3 Å². The highest BCUT2D eigenvalue weighted by atomic mass is 16.4. The van der Waals surface area contributed by atoms with Gasteiger partial charge in [-0.15, -0.1) is 0 Å². The Morgan fingerprint density at radius 2 is 1.92 bits per heavy atom. The lowest BCUT2D eigenvalue weighted by Gasteiger charge is -2.18. The normalized spacial score (nSPS) is 12.2. The molecule has 128 valence electrons. The second kappa shape index (κ2) is 7.77. The molecule has 1 aromatic carbocycles. The lowest BCUT2D eigenvalue weighted by atomic mass is 10.0. The highest BCUT2D eigenvalue weighted by Crippen LogP contribution is 2.20. The predicted octanol–water partition coefficient (Wildman–Crippen LogP) is 2.88. The summed E-state index contributed by atoms with van der Waals surface area (Å²) in [7, 11) is 1.81. The highest BCUT2D eigenvalue weighted by molar-refractivity contribution is 5.92. The van der Waals surface area contributed by atoms with Crippen LogP contribution in [0.3, 0.4) is 0 Å². The van der Waals surface area contributed by atoms with Crippen molar-refractivity contribution in [1.29, 1.82) is 0 Å². The number of nitrogens with zero attached hydrogens (tertiary/aromatic N) is 2. The van der Waals surface area contributed by atoms with E-state index in [0.29, 0.717) is 12.1 Å². The van der Waals surface area contributed by atoms with Gasteiger partial charge in [-0.1, -0.05) is 44.2 Å². The van der Waals surface area contributed by atoms with Crippen molar-refractivity contribution < 1.29 is 14.7 Å². The Kier molecular flexibility index (Phi) is 5.73. The maximum atomic E-state index is 12.5. The monoisotopic (exact) mass is 329 g/mol. The second-order valence-electron chi connectivity index (χ2n) is 6.10. The Labute approximate surface area is 141 Å². The largest absolute Gasteiger partial charge is 0.481 e. The van der Waals surface area contributed by atoms with Crippen LogP contribution in [0.4, 0.5) is 0 Å². The summed E-state index contributed by atoms with van der Waals surface area (Å²) >= 11 is 0. The molecule has 0 saturated carbocycles. The first-order valence-corrected chi connectivity index (χ1v) is 8.00. The number of carbonyl (C=O) groups is 2. The van der Waals surface area contributed by atoms with Crippen molar-refractivity contribution in [1.82, 2.24) is 15.1 Å². The fourth-order valence-corrected chi connectivity index (χ4v) is 2.64. The van der Waals surface area contributed by atoms with E-state index in [2.05, 4.69) is 10.4 Å². The van der Waals surface area contributed by atoms with Crippen LogP contribution < -0.4 is 5.32 Å². The zero-order valence-corrected chi connectivity index (χ0v) is 14.2. The molecule has 0 radical (unpaired) electrons. The van der Waals surface area contributed by atoms with Crippen LogP contribution in [-0.2, 0) is 11.8 Å². The van der Waals surface area contributed by atoms with Gasteiger partial charge in [-0.25, -0.2) is 0 Å². The van der Waals surface area contributed by atoms with E-state index in [1.807, 2.05) is 51.2 Å². The van der Waals surface area contributed by atoms with Gasteiger partial charge in [0.15, 0.2) is 0 Å². The van der Waals surface area contributed by atoms with E-state index in [-0.39, 0.29) is 24.3 Å². The molecule has 0 aliphatic heterocycles. The van der Waals surface area contributed by atoms with E-state index in [1.165, 1.54) is 0 Å². The van der Waals surface area contributed by atoms with Gasteiger partial charge < -0.3 is 10.4 Å². The molecule has 1 heterocycles. The van der Waals surface area contributed by atoms with Crippen LogP contribution >= 0.6 is 0 Å². The molecule has 1 aromatic heterocycles. The number of rotatable bonds is 7. The average Bonchev–Trinajstić information content (AvgIpc) is 2.94. The summed E-state index contributed by atoms with van der Waals surface area (Å²) in [5, 5.41) is 16.1. The predicted molar refractivity (Wildman–Crippen MR) is 90.8 cm³/mol. The van der Waals surface area contributed by atoms with Crippen LogP contribution in [0.1, 0.15) is 60.4 Å². The average molecular weight is 329 g/mol. The van der Waals surface area contributed by atoms with Gasteiger partial charge in [0.05, 0.1) is 6.04 Å². The number of hydrogen-bond donors (Lipinski definition) is 2. The molecule has 0 fully saturated rings. The molecule has 2 N–H and O–H groups in total. The Morgan fingerprint density at radius 3 is 2.46 bits per heavy atom. The summed E-state index contributed by atoms with van der Waals surface area (Å²) in [6.45, 7) is 4.08. The number of carboxylic acid groups (broad SMARTS) is 1. The standard InChI is InChI=1S/C18H23N3O3/c1-12(2)16-11-15(20-21(16)3)18(24)19-14(9-10-17(22)23)13-7-5-4-6-8-13/h4-8,11-12,14H,9-10H2,1-3H3,(H,19,24)(H,22,23). The third kappa shape index (κ3) is 4.44. The van der Waals surface area contributed by atoms with Gasteiger partial charge >= 0.3 is 5.97 Å². The van der Waals surface area contributed by atoms with Crippen molar-refractivity contribution in [3.05, 3.63) is 53.3 Å². The summed E-state index contributed by atoms with van der Waals surface area (Å²) < 4.78 is 1.70. The van der Waals surface area contributed by atoms with E-state index < -0.39 is 5.97 Å². The molecular weight excluding hydrogens is 306 g/mol. The maximum Gasteiger partial charge on any atom is 0.303 e. The molecule has 1 amide bonds. The van der Waals surface area contributed by atoms with Gasteiger partial charge in [0, 0.05) is 19.2 Å². The fourth-order valence-electron chi connectivity index (χ4n) is 2.64. The number of aryl methyl sites for hydroxylation is 1. The third-order valence-corrected chi connectivity index (χ3v) is 3.89. The Morgan fingerprint density at radius 1 is 1.25 bits per heavy atom. The smallest absolute Gasteiger partial charge is 0.303 e. The topological polar surface area (TPSA) is 84.2 Å². The zero-order chi connectivity index (χ0) is 17.7. The van der Waals surface area contributed by atoms with Crippen LogP contribution in [0.15, 0.2) is 36.4 Å². The highest BCUT2D eigenvalue weighted by Gasteiger charge is 2.20. The van der Waals surface area contributed by atoms with Crippen molar-refractivity contribution in [2.24, 2.45) is 7.05 Å². The number of nitrogens with one attached hydrogen (secondary N) is 1. The molecule has 0 bridgehead atoms. The minimum Gasteiger partial charge on any atom is -0.481 e. The lowest BCUT2D eigenvalue weighted by molar-refractivity contribution is -0.137. The van der Waals surface area contributed by atoms with Crippen LogP contribution in [-0.4, -0.2) is 26.8 Å². The number of hydrogen-bond acceptors (Lipinski definition) is 3. The summed E-state index contributed by atoms with van der Waals surface area (Å²) in [5.41, 5.74) is 2.20. The van der Waals surface area contributed by atoms with Gasteiger partial charge in [0.2, 0.25) is 0 Å². The van der Waals surface area contributed by atoms with Gasteiger partial charge in [0.25, 0.3) is 5.91 Å². The SMILES string of the molecule is CC(C)c1cc(C(=O)NC(CCC(=O)O)c2ccccc2)nn1C. The van der Waals surface area contributed by atoms with Gasteiger partial charge in [-0.2, -0.15) is 5.10 Å². The minimum absolute atomic E-state index is 0.0146. The molecule has 1 unspecified atom stereocenters. The number of carboxylic acids is 1. The molecule has 0 aliphatic rings. The molecule has 1 atom stereocenters. The van der Waals surface area contributed by atoms with E-state index in [9.17, 15) is 9.59 Å². The quantitative estimate of drug-likeness (QED) is 0.818. The lowest BCUT2D eigenvalue weighted by Crippen LogP contribution is -2.29. The number of aliphatic carboxylic acids is 1. The minimum atomic E-state index is -0.884. The first kappa shape index (κ1) is 17.7. The zero-order valence-electron chi connectivity index (χ0n) is 14.2. The number of carbonyl (C=O) groups excluding carboxylic acids is 1. The summed E-state index contributed by atoms with van der Waals surface area (Å²) in [6.07, 6.45) is 0.314. The number of amides is 1. The van der Waals surface area contributed by atoms with Crippen molar-refractivity contribution in [2.75, 3.05) is 0 Å². The van der Waals surface area contributed by atoms with E-state index >= 15 is 0 Å². The first-order valence-electron chi connectivity index (χ1n) is 8.00. The number of aromatic nitrogens is 2. The molecule has 2 aromatic rings. The van der Waals surface area contributed by atoms with Crippen molar-refractivity contribution in [3.8, 4) is 0 Å². The van der Waals surface area contributed by atoms with Crippen LogP contribution in [0.25, 0.3) is 0 Å². The van der Waals surface area contributed by atoms with Gasteiger partial charge in [-0.05, 0) is 24.0 Å². The number of benzene rings is 1. The third-order valence-electron chi connectivity index (χ3n) is 3.89. The molecule has 6 nitrogen and oxygen atoms in total. The fraction of sp³-hybridized carbons (Fsp3) is 0.389. The van der Waals surface area contributed by atoms with Crippen molar-refractivity contribution in [3.63, 3.8) is 0 Å². The van der Waals surface area contributed by atoms with Crippen LogP contribution in [0.5, 0.6) is 0 Å². The van der Waals surface area contributed by atoms with Gasteiger partial charge in [0.1, 0.15) is 5.69 Å². The Bertz CT molecular complexity index is 708. The molecule has 2 rings (SSSR count). The Hall–Kier alpha value is -2.63. The first-order chi connectivity index (χ1) is 11.4. The molecule has 0 spiro atoms. The van der Waals surface area contributed by atoms with Crippen LogP contribution in [0, 0.1) is 0 Å². The molecule has 6 heteroatoms. The van der Waals surface area contributed by atoms with E-state index in [0.717, 1.165) is 11.3 Å².